The first-order valence-electron chi connectivity index (χ1n) is 8.76. The smallest absolute Gasteiger partial charge is 0.227 e. The van der Waals surface area contributed by atoms with E-state index in [4.69, 9.17) is 9.47 Å². The Morgan fingerprint density at radius 3 is 2.44 bits per heavy atom. The molecule has 0 saturated carbocycles. The third-order valence-electron chi connectivity index (χ3n) is 4.64. The predicted octanol–water partition coefficient (Wildman–Crippen LogP) is 3.90. The predicted molar refractivity (Wildman–Crippen MR) is 97.8 cm³/mol. The van der Waals surface area contributed by atoms with Crippen molar-refractivity contribution >= 4 is 5.91 Å². The average Bonchev–Trinajstić information content (AvgIpc) is 2.98. The van der Waals surface area contributed by atoms with Crippen LogP contribution < -0.4 is 4.74 Å². The minimum absolute atomic E-state index is 0.183. The van der Waals surface area contributed by atoms with E-state index >= 15 is 0 Å². The number of carbonyl (C=O) groups is 1. The van der Waals surface area contributed by atoms with Gasteiger partial charge in [-0.05, 0) is 43.2 Å². The van der Waals surface area contributed by atoms with Crippen molar-refractivity contribution in [2.45, 2.75) is 25.8 Å². The van der Waals surface area contributed by atoms with Crippen LogP contribution in [0.5, 0.6) is 11.5 Å². The van der Waals surface area contributed by atoms with Crippen molar-refractivity contribution < 1.29 is 14.3 Å². The van der Waals surface area contributed by atoms with Crippen molar-refractivity contribution in [3.63, 3.8) is 0 Å². The molecular formula is C21H25NO3. The van der Waals surface area contributed by atoms with Gasteiger partial charge in [-0.15, -0.1) is 0 Å². The van der Waals surface area contributed by atoms with Crippen molar-refractivity contribution in [1.29, 1.82) is 0 Å². The average molecular weight is 339 g/mol. The summed E-state index contributed by atoms with van der Waals surface area (Å²) in [5, 5.41) is 0. The van der Waals surface area contributed by atoms with Crippen LogP contribution in [0.3, 0.4) is 0 Å². The second kappa shape index (κ2) is 8.17. The van der Waals surface area contributed by atoms with Gasteiger partial charge in [-0.3, -0.25) is 4.79 Å². The molecule has 4 heteroatoms. The summed E-state index contributed by atoms with van der Waals surface area (Å²) in [6, 6.07) is 17.7. The number of carbonyl (C=O) groups excluding carboxylic acids is 1. The van der Waals surface area contributed by atoms with Crippen LogP contribution in [-0.2, 0) is 16.0 Å². The molecule has 25 heavy (non-hydrogen) atoms. The Hall–Kier alpha value is -2.33. The van der Waals surface area contributed by atoms with Gasteiger partial charge in [0, 0.05) is 25.6 Å². The van der Waals surface area contributed by atoms with Crippen molar-refractivity contribution in [3.8, 4) is 11.5 Å². The van der Waals surface area contributed by atoms with Crippen molar-refractivity contribution in [2.24, 2.45) is 5.92 Å². The summed E-state index contributed by atoms with van der Waals surface area (Å²) >= 11 is 0. The Morgan fingerprint density at radius 2 is 1.76 bits per heavy atom. The molecule has 1 fully saturated rings. The normalized spacial score (nSPS) is 19.8. The molecule has 0 aliphatic carbocycles. The fourth-order valence-corrected chi connectivity index (χ4v) is 3.42. The highest BCUT2D eigenvalue weighted by atomic mass is 16.5. The quantitative estimate of drug-likeness (QED) is 0.801. The molecule has 1 saturated heterocycles. The van der Waals surface area contributed by atoms with E-state index in [1.807, 2.05) is 59.5 Å². The fourth-order valence-electron chi connectivity index (χ4n) is 3.42. The molecule has 2 unspecified atom stereocenters. The molecule has 3 rings (SSSR count). The van der Waals surface area contributed by atoms with Crippen LogP contribution in [0.25, 0.3) is 0 Å². The summed E-state index contributed by atoms with van der Waals surface area (Å²) in [6.45, 7) is 3.63. The molecule has 1 amide bonds. The molecule has 2 aromatic rings. The molecule has 0 aromatic heterocycles. The molecule has 0 bridgehead atoms. The molecule has 0 radical (unpaired) electrons. The summed E-state index contributed by atoms with van der Waals surface area (Å²) in [6.07, 6.45) is 1.44. The molecular weight excluding hydrogens is 314 g/mol. The first kappa shape index (κ1) is 17.5. The van der Waals surface area contributed by atoms with E-state index in [1.165, 1.54) is 0 Å². The van der Waals surface area contributed by atoms with Crippen LogP contribution in [-0.4, -0.2) is 37.1 Å². The fraction of sp³-hybridized carbons (Fsp3) is 0.381. The second-order valence-electron chi connectivity index (χ2n) is 6.69. The molecule has 132 valence electrons. The van der Waals surface area contributed by atoms with Crippen LogP contribution in [0.1, 0.15) is 18.9 Å². The van der Waals surface area contributed by atoms with E-state index in [1.54, 1.807) is 7.11 Å². The zero-order chi connectivity index (χ0) is 17.6. The Morgan fingerprint density at radius 1 is 1.08 bits per heavy atom. The highest BCUT2D eigenvalue weighted by Crippen LogP contribution is 2.25. The van der Waals surface area contributed by atoms with Gasteiger partial charge >= 0.3 is 0 Å². The molecule has 1 aliphatic heterocycles. The minimum atomic E-state index is 0.183. The third kappa shape index (κ3) is 4.60. The largest absolute Gasteiger partial charge is 0.457 e. The molecule has 0 N–H and O–H groups in total. The topological polar surface area (TPSA) is 38.8 Å². The molecule has 1 aliphatic rings. The standard InChI is InChI=1S/C21H25NO3/c1-16-12-18(15-24-2)14-22(16)21(23)13-17-8-10-20(11-9-17)25-19-6-4-3-5-7-19/h3-11,16,18H,12-15H2,1-2H3. The lowest BCUT2D eigenvalue weighted by atomic mass is 10.1. The van der Waals surface area contributed by atoms with Gasteiger partial charge in [-0.1, -0.05) is 30.3 Å². The highest BCUT2D eigenvalue weighted by Gasteiger charge is 2.31. The maximum absolute atomic E-state index is 12.6. The monoisotopic (exact) mass is 339 g/mol. The van der Waals surface area contributed by atoms with Crippen LogP contribution in [0.4, 0.5) is 0 Å². The second-order valence-corrected chi connectivity index (χ2v) is 6.69. The van der Waals surface area contributed by atoms with E-state index in [0.29, 0.717) is 12.3 Å². The number of benzene rings is 2. The number of ether oxygens (including phenoxy) is 2. The van der Waals surface area contributed by atoms with E-state index in [0.717, 1.165) is 36.6 Å². The van der Waals surface area contributed by atoms with Gasteiger partial charge in [0.05, 0.1) is 13.0 Å². The summed E-state index contributed by atoms with van der Waals surface area (Å²) in [4.78, 5) is 14.6. The Bertz CT molecular complexity index is 684. The van der Waals surface area contributed by atoms with E-state index in [-0.39, 0.29) is 11.9 Å². The zero-order valence-electron chi connectivity index (χ0n) is 14.9. The number of methoxy groups -OCH3 is 1. The third-order valence-corrected chi connectivity index (χ3v) is 4.64. The van der Waals surface area contributed by atoms with Crippen LogP contribution in [0, 0.1) is 5.92 Å². The summed E-state index contributed by atoms with van der Waals surface area (Å²) < 4.78 is 11.0. The molecule has 4 nitrogen and oxygen atoms in total. The summed E-state index contributed by atoms with van der Waals surface area (Å²) in [5.41, 5.74) is 1.01. The summed E-state index contributed by atoms with van der Waals surface area (Å²) in [7, 11) is 1.72. The Kier molecular flexibility index (Phi) is 5.71. The Labute approximate surface area is 149 Å². The number of likely N-dealkylation sites (tertiary alicyclic amines) is 1. The molecule has 1 heterocycles. The molecule has 2 atom stereocenters. The maximum atomic E-state index is 12.6. The number of amides is 1. The van der Waals surface area contributed by atoms with E-state index in [2.05, 4.69) is 6.92 Å². The lowest BCUT2D eigenvalue weighted by Gasteiger charge is -2.21. The van der Waals surface area contributed by atoms with Gasteiger partial charge in [-0.2, -0.15) is 0 Å². The van der Waals surface area contributed by atoms with Gasteiger partial charge < -0.3 is 14.4 Å². The first-order chi connectivity index (χ1) is 12.2. The van der Waals surface area contributed by atoms with Gasteiger partial charge in [0.1, 0.15) is 11.5 Å². The van der Waals surface area contributed by atoms with Gasteiger partial charge in [-0.25, -0.2) is 0 Å². The lowest BCUT2D eigenvalue weighted by molar-refractivity contribution is -0.131. The first-order valence-corrected chi connectivity index (χ1v) is 8.76. The van der Waals surface area contributed by atoms with Gasteiger partial charge in [0.15, 0.2) is 0 Å². The number of para-hydroxylation sites is 1. The highest BCUT2D eigenvalue weighted by molar-refractivity contribution is 5.79. The molecule has 0 spiro atoms. The van der Waals surface area contributed by atoms with Gasteiger partial charge in [0.2, 0.25) is 5.91 Å². The van der Waals surface area contributed by atoms with E-state index < -0.39 is 0 Å². The van der Waals surface area contributed by atoms with E-state index in [9.17, 15) is 4.79 Å². The molecule has 2 aromatic carbocycles. The lowest BCUT2D eigenvalue weighted by Crippen LogP contribution is -2.35. The number of nitrogens with zero attached hydrogens (tertiary/aromatic N) is 1. The minimum Gasteiger partial charge on any atom is -0.457 e. The SMILES string of the molecule is COCC1CC(C)N(C(=O)Cc2ccc(Oc3ccccc3)cc2)C1. The number of rotatable bonds is 6. The van der Waals surface area contributed by atoms with Crippen molar-refractivity contribution in [2.75, 3.05) is 20.3 Å². The van der Waals surface area contributed by atoms with Crippen LogP contribution in [0.15, 0.2) is 54.6 Å². The van der Waals surface area contributed by atoms with Crippen molar-refractivity contribution in [1.82, 2.24) is 4.90 Å². The zero-order valence-corrected chi connectivity index (χ0v) is 14.9. The maximum Gasteiger partial charge on any atom is 0.227 e. The van der Waals surface area contributed by atoms with Crippen molar-refractivity contribution in [3.05, 3.63) is 60.2 Å². The van der Waals surface area contributed by atoms with Crippen LogP contribution >= 0.6 is 0 Å². The number of hydrogen-bond acceptors (Lipinski definition) is 3. The Balaban J connectivity index is 1.57. The van der Waals surface area contributed by atoms with Crippen LogP contribution in [0.2, 0.25) is 0 Å². The summed E-state index contributed by atoms with van der Waals surface area (Å²) in [5.74, 6) is 2.21. The number of hydrogen-bond donors (Lipinski definition) is 0. The van der Waals surface area contributed by atoms with Gasteiger partial charge in [0.25, 0.3) is 0 Å².